The normalized spacial score (nSPS) is 14.4. The predicted molar refractivity (Wildman–Crippen MR) is 383 cm³/mol. The first-order valence-corrected chi connectivity index (χ1v) is 32.9. The van der Waals surface area contributed by atoms with Gasteiger partial charge in [0.25, 0.3) is 6.33 Å². The summed E-state index contributed by atoms with van der Waals surface area (Å²) in [6.45, 7) is 30.6. The lowest BCUT2D eigenvalue weighted by Crippen LogP contribution is -2.34. The van der Waals surface area contributed by atoms with E-state index >= 15 is 0 Å². The maximum atomic E-state index is 7.13. The van der Waals surface area contributed by atoms with Gasteiger partial charge in [-0.25, -0.2) is 4.98 Å². The van der Waals surface area contributed by atoms with Gasteiger partial charge in [0.15, 0.2) is 0 Å². The Labute approximate surface area is 541 Å². The second-order valence-electron chi connectivity index (χ2n) is 30.5. The summed E-state index contributed by atoms with van der Waals surface area (Å²) in [4.78, 5) is 5.00. The van der Waals surface area contributed by atoms with E-state index in [1.165, 1.54) is 71.8 Å². The van der Waals surface area contributed by atoms with Crippen LogP contribution in [0, 0.1) is 6.33 Å². The van der Waals surface area contributed by atoms with Crippen LogP contribution in [0.1, 0.15) is 131 Å². The highest BCUT2D eigenvalue weighted by atomic mass is 16.5. The van der Waals surface area contributed by atoms with Crippen LogP contribution >= 0.6 is 0 Å². The van der Waals surface area contributed by atoms with E-state index in [-0.39, 0.29) is 27.1 Å². The fourth-order valence-corrected chi connectivity index (χ4v) is 15.1. The molecule has 5 heterocycles. The summed E-state index contributed by atoms with van der Waals surface area (Å²) in [7, 11) is 0. The molecule has 4 aromatic heterocycles. The third-order valence-electron chi connectivity index (χ3n) is 20.4. The molecular weight excluding hydrogens is 1120 g/mol. The van der Waals surface area contributed by atoms with E-state index < -0.39 is 0 Å². The van der Waals surface area contributed by atoms with E-state index in [2.05, 4.69) is 327 Å². The molecule has 0 amide bonds. The van der Waals surface area contributed by atoms with Gasteiger partial charge in [0.2, 0.25) is 0 Å². The maximum Gasteiger partial charge on any atom is 0.269 e. The van der Waals surface area contributed by atoms with Crippen molar-refractivity contribution in [2.45, 2.75) is 130 Å². The first-order chi connectivity index (χ1) is 44.0. The lowest BCUT2D eigenvalue weighted by Gasteiger charge is -2.42. The molecule has 454 valence electrons. The van der Waals surface area contributed by atoms with Gasteiger partial charge < -0.3 is 9.30 Å². The highest BCUT2D eigenvalue weighted by molar-refractivity contribution is 6.11. The van der Waals surface area contributed by atoms with Crippen LogP contribution in [0.15, 0.2) is 219 Å². The molecule has 6 heteroatoms. The summed E-state index contributed by atoms with van der Waals surface area (Å²) in [5.41, 5.74) is 25.4. The van der Waals surface area contributed by atoms with Gasteiger partial charge in [-0.15, -0.1) is 0 Å². The minimum Gasteiger partial charge on any atom is -0.458 e. The minimum absolute atomic E-state index is 0.0252. The molecule has 0 fully saturated rings. The topological polar surface area (TPSA) is 40.8 Å². The molecule has 0 unspecified atom stereocenters. The Balaban J connectivity index is 0.997. The highest BCUT2D eigenvalue weighted by Gasteiger charge is 2.39. The van der Waals surface area contributed by atoms with Crippen molar-refractivity contribution < 1.29 is 9.30 Å². The second-order valence-corrected chi connectivity index (χ2v) is 30.5. The number of hydrogen-bond acceptors (Lipinski definition) is 2. The van der Waals surface area contributed by atoms with Crippen molar-refractivity contribution in [3.8, 4) is 78.9 Å². The molecular formula is C86H79N5O. The molecule has 0 N–H and O–H groups in total. The molecule has 6 nitrogen and oxygen atoms in total. The lowest BCUT2D eigenvalue weighted by molar-refractivity contribution is -0.571. The van der Waals surface area contributed by atoms with E-state index in [9.17, 15) is 0 Å². The average Bonchev–Trinajstić information content (AvgIpc) is 1.46. The molecule has 2 aliphatic rings. The zero-order valence-corrected chi connectivity index (χ0v) is 55.3. The highest BCUT2D eigenvalue weighted by Crippen LogP contribution is 2.53. The Morgan fingerprint density at radius 1 is 0.413 bits per heavy atom. The smallest absolute Gasteiger partial charge is 0.269 e. The summed E-state index contributed by atoms with van der Waals surface area (Å²) in [6.07, 6.45) is 8.39. The fourth-order valence-electron chi connectivity index (χ4n) is 15.1. The monoisotopic (exact) mass is 1200 g/mol. The summed E-state index contributed by atoms with van der Waals surface area (Å²) in [6, 6.07) is 79.5. The second kappa shape index (κ2) is 20.4. The number of aromatic nitrogens is 5. The summed E-state index contributed by atoms with van der Waals surface area (Å²) >= 11 is 0. The Hall–Kier alpha value is -9.78. The van der Waals surface area contributed by atoms with Gasteiger partial charge in [-0.05, 0) is 191 Å². The van der Waals surface area contributed by atoms with Crippen molar-refractivity contribution in [3.05, 3.63) is 253 Å². The zero-order chi connectivity index (χ0) is 63.5. The van der Waals surface area contributed by atoms with Crippen molar-refractivity contribution in [1.29, 1.82) is 0 Å². The van der Waals surface area contributed by atoms with Gasteiger partial charge >= 0.3 is 0 Å². The van der Waals surface area contributed by atoms with Gasteiger partial charge in [-0.1, -0.05) is 217 Å². The van der Waals surface area contributed by atoms with Crippen molar-refractivity contribution in [2.75, 3.05) is 0 Å². The van der Waals surface area contributed by atoms with Gasteiger partial charge in [-0.3, -0.25) is 13.7 Å². The first kappa shape index (κ1) is 57.4. The van der Waals surface area contributed by atoms with E-state index in [0.717, 1.165) is 96.6 Å². The molecule has 0 saturated carbocycles. The number of pyridine rings is 1. The zero-order valence-electron chi connectivity index (χ0n) is 55.3. The molecule has 1 aliphatic carbocycles. The summed E-state index contributed by atoms with van der Waals surface area (Å²) in [5, 5.41) is 4.74. The Morgan fingerprint density at radius 3 is 1.55 bits per heavy atom. The van der Waals surface area contributed by atoms with Crippen LogP contribution in [-0.4, -0.2) is 18.7 Å². The molecule has 10 aromatic carbocycles. The number of ether oxygens (including phenoxy) is 1. The average molecular weight is 1200 g/mol. The molecule has 16 rings (SSSR count). The number of benzene rings is 10. The largest absolute Gasteiger partial charge is 0.458 e. The Bertz CT molecular complexity index is 5300. The number of rotatable bonds is 6. The molecule has 0 saturated heterocycles. The van der Waals surface area contributed by atoms with Crippen LogP contribution in [0.25, 0.3) is 122 Å². The van der Waals surface area contributed by atoms with Crippen molar-refractivity contribution in [2.24, 2.45) is 0 Å². The molecule has 0 spiro atoms. The SMILES string of the molecule is CC(C)(C)c1cc(-c2cc3c4c(c2)n(-c2cccc(Oc5ccc6c7ccccc7n(-c7cc(C(C)(C)C)ccn7)c6c5)c2)[c-][n+]4-c2c(cccc2-n2c4ccccc4c4ccccc42)-c2cc4c(cc2-c2ccccc2-3)C(C)(C)CCC4(C)C)cc(C(C)(C)C)c1. The number of imidazole rings is 1. The number of hydrogen-bond donors (Lipinski definition) is 0. The van der Waals surface area contributed by atoms with Crippen LogP contribution in [0.3, 0.4) is 0 Å². The lowest BCUT2D eigenvalue weighted by atomic mass is 9.62. The number of fused-ring (bicyclic) bond motifs is 14. The van der Waals surface area contributed by atoms with E-state index in [4.69, 9.17) is 9.72 Å². The summed E-state index contributed by atoms with van der Waals surface area (Å²) < 4.78 is 16.7. The van der Waals surface area contributed by atoms with Gasteiger partial charge in [-0.2, -0.15) is 0 Å². The molecule has 1 aliphatic heterocycles. The summed E-state index contributed by atoms with van der Waals surface area (Å²) in [5.74, 6) is 2.33. The quantitative estimate of drug-likeness (QED) is 0.123. The Morgan fingerprint density at radius 2 is 0.935 bits per heavy atom. The molecule has 92 heavy (non-hydrogen) atoms. The molecule has 0 radical (unpaired) electrons. The molecule has 14 aromatic rings. The van der Waals surface area contributed by atoms with Crippen molar-refractivity contribution in [1.82, 2.24) is 18.7 Å². The van der Waals surface area contributed by atoms with E-state index in [0.29, 0.717) is 5.75 Å². The number of nitrogens with zero attached hydrogens (tertiary/aromatic N) is 5. The van der Waals surface area contributed by atoms with Gasteiger partial charge in [0.05, 0.1) is 50.2 Å². The van der Waals surface area contributed by atoms with Crippen LogP contribution in [0.5, 0.6) is 11.5 Å². The van der Waals surface area contributed by atoms with Gasteiger partial charge in [0.1, 0.15) is 17.3 Å². The molecule has 0 bridgehead atoms. The van der Waals surface area contributed by atoms with Crippen LogP contribution in [0.4, 0.5) is 0 Å². The Kier molecular flexibility index (Phi) is 12.7. The van der Waals surface area contributed by atoms with Crippen LogP contribution < -0.4 is 9.30 Å². The van der Waals surface area contributed by atoms with E-state index in [1.54, 1.807) is 0 Å². The first-order valence-electron chi connectivity index (χ1n) is 32.9. The van der Waals surface area contributed by atoms with Crippen molar-refractivity contribution in [3.63, 3.8) is 0 Å². The minimum atomic E-state index is -0.0980. The van der Waals surface area contributed by atoms with Gasteiger partial charge in [0, 0.05) is 33.8 Å². The molecule has 0 atom stereocenters. The predicted octanol–water partition coefficient (Wildman–Crippen LogP) is 22.3. The standard InChI is InChI=1S/C86H79N5O/c1-82(2,3)55-38-41-87-79(47-55)91-75-34-21-18-30-65(75)66-37-36-60(49-77(66)91)92-59-25-22-24-58(48-59)88-52-89-80-67(31-23-35-76(80)90-73-32-19-16-28-63(73)64-29-17-20-33-74(64)90)69-51-72-71(85(10,11)39-40-86(72,12)13)50-68(69)61-26-14-15-27-62(61)70-44-54(45-78(88)81(70)89)53-42-56(83(4,5)6)46-57(43-53)84(7,8)9/h14-38,41-51H,39-40H2,1-13H3. The number of para-hydroxylation sites is 4. The van der Waals surface area contributed by atoms with Crippen molar-refractivity contribution >= 4 is 54.6 Å². The fraction of sp³-hybridized carbons (Fsp3) is 0.233. The van der Waals surface area contributed by atoms with E-state index in [1.807, 2.05) is 6.20 Å². The third-order valence-corrected chi connectivity index (χ3v) is 20.4. The third kappa shape index (κ3) is 9.18. The maximum absolute atomic E-state index is 7.13. The van der Waals surface area contributed by atoms with Crippen LogP contribution in [-0.2, 0) is 27.1 Å². The van der Waals surface area contributed by atoms with Crippen LogP contribution in [0.2, 0.25) is 0 Å².